The van der Waals surface area contributed by atoms with Gasteiger partial charge in [0.05, 0.1) is 12.7 Å². The van der Waals surface area contributed by atoms with Crippen molar-refractivity contribution in [3.05, 3.63) is 17.8 Å². The number of carbonyl (C=O) groups excluding carboxylic acids is 1. The fourth-order valence-electron chi connectivity index (χ4n) is 2.70. The van der Waals surface area contributed by atoms with E-state index in [1.54, 1.807) is 6.20 Å². The highest BCUT2D eigenvalue weighted by atomic mass is 16.6. The van der Waals surface area contributed by atoms with Gasteiger partial charge in [-0.3, -0.25) is 0 Å². The fourth-order valence-corrected chi connectivity index (χ4v) is 2.70. The highest BCUT2D eigenvalue weighted by Gasteiger charge is 2.27. The molecule has 0 bridgehead atoms. The fraction of sp³-hybridized carbons (Fsp3) is 0.765. The molecule has 1 aromatic rings. The number of hydrogen-bond donors (Lipinski definition) is 1. The third kappa shape index (κ3) is 5.86. The molecule has 1 saturated heterocycles. The predicted molar refractivity (Wildman–Crippen MR) is 88.1 cm³/mol. The van der Waals surface area contributed by atoms with Crippen LogP contribution in [0.2, 0.25) is 0 Å². The summed E-state index contributed by atoms with van der Waals surface area (Å²) in [7, 11) is 0. The lowest BCUT2D eigenvalue weighted by molar-refractivity contribution is 0.0166. The number of oxazole rings is 1. The first-order valence-electron chi connectivity index (χ1n) is 8.49. The Labute approximate surface area is 138 Å². The van der Waals surface area contributed by atoms with Crippen molar-refractivity contribution in [2.75, 3.05) is 19.6 Å². The molecular formula is C17H29N3O3. The molecule has 0 radical (unpaired) electrons. The second kappa shape index (κ2) is 7.81. The SMILES string of the molecule is CCc1cnc(CNCC2CCCN(C(=O)OC(C)(C)C)C2)o1. The molecule has 1 aliphatic rings. The Kier molecular flexibility index (Phi) is 6.04. The van der Waals surface area contributed by atoms with Crippen LogP contribution in [0.1, 0.15) is 52.2 Å². The number of rotatable bonds is 5. The van der Waals surface area contributed by atoms with Crippen molar-refractivity contribution in [3.63, 3.8) is 0 Å². The normalized spacial score (nSPS) is 19.0. The minimum absolute atomic E-state index is 0.206. The summed E-state index contributed by atoms with van der Waals surface area (Å²) in [5.41, 5.74) is -0.440. The van der Waals surface area contributed by atoms with Crippen molar-refractivity contribution in [1.82, 2.24) is 15.2 Å². The van der Waals surface area contributed by atoms with Crippen molar-refractivity contribution < 1.29 is 13.9 Å². The van der Waals surface area contributed by atoms with Crippen LogP contribution in [0.15, 0.2) is 10.6 Å². The topological polar surface area (TPSA) is 67.6 Å². The van der Waals surface area contributed by atoms with Gasteiger partial charge in [-0.05, 0) is 39.5 Å². The highest BCUT2D eigenvalue weighted by Crippen LogP contribution is 2.19. The lowest BCUT2D eigenvalue weighted by Gasteiger charge is -2.34. The van der Waals surface area contributed by atoms with Gasteiger partial charge < -0.3 is 19.4 Å². The number of nitrogens with zero attached hydrogens (tertiary/aromatic N) is 2. The minimum atomic E-state index is -0.440. The van der Waals surface area contributed by atoms with Gasteiger partial charge >= 0.3 is 6.09 Å². The number of carbonyl (C=O) groups is 1. The van der Waals surface area contributed by atoms with E-state index in [4.69, 9.17) is 9.15 Å². The molecule has 1 fully saturated rings. The molecule has 6 nitrogen and oxygen atoms in total. The maximum atomic E-state index is 12.1. The van der Waals surface area contributed by atoms with Gasteiger partial charge in [-0.1, -0.05) is 6.92 Å². The summed E-state index contributed by atoms with van der Waals surface area (Å²) < 4.78 is 11.0. The van der Waals surface area contributed by atoms with Crippen molar-refractivity contribution in [2.24, 2.45) is 5.92 Å². The molecular weight excluding hydrogens is 294 g/mol. The van der Waals surface area contributed by atoms with Crippen molar-refractivity contribution in [3.8, 4) is 0 Å². The van der Waals surface area contributed by atoms with Gasteiger partial charge in [-0.15, -0.1) is 0 Å². The zero-order valence-corrected chi connectivity index (χ0v) is 14.7. The summed E-state index contributed by atoms with van der Waals surface area (Å²) in [6.07, 6.45) is 4.58. The lowest BCUT2D eigenvalue weighted by Crippen LogP contribution is -2.45. The second-order valence-corrected chi connectivity index (χ2v) is 7.14. The maximum Gasteiger partial charge on any atom is 0.410 e. The summed E-state index contributed by atoms with van der Waals surface area (Å²) in [6, 6.07) is 0. The predicted octanol–water partition coefficient (Wildman–Crippen LogP) is 2.97. The van der Waals surface area contributed by atoms with Gasteiger partial charge in [0.15, 0.2) is 0 Å². The van der Waals surface area contributed by atoms with Crippen LogP contribution < -0.4 is 5.32 Å². The molecule has 1 amide bonds. The van der Waals surface area contributed by atoms with Gasteiger partial charge in [0.1, 0.15) is 11.4 Å². The van der Waals surface area contributed by atoms with Gasteiger partial charge in [0.2, 0.25) is 5.89 Å². The Morgan fingerprint density at radius 3 is 2.96 bits per heavy atom. The number of aromatic nitrogens is 1. The van der Waals surface area contributed by atoms with Gasteiger partial charge in [-0.2, -0.15) is 0 Å². The molecule has 1 unspecified atom stereocenters. The van der Waals surface area contributed by atoms with Gasteiger partial charge in [0, 0.05) is 26.1 Å². The first-order valence-corrected chi connectivity index (χ1v) is 8.49. The summed E-state index contributed by atoms with van der Waals surface area (Å²) in [5.74, 6) is 2.08. The van der Waals surface area contributed by atoms with E-state index in [0.29, 0.717) is 12.5 Å². The molecule has 0 aliphatic carbocycles. The van der Waals surface area contributed by atoms with Crippen molar-refractivity contribution in [2.45, 2.75) is 59.1 Å². The summed E-state index contributed by atoms with van der Waals surface area (Å²) in [6.45, 7) is 10.7. The van der Waals surface area contributed by atoms with E-state index in [1.807, 2.05) is 32.6 Å². The Bertz CT molecular complexity index is 507. The van der Waals surface area contributed by atoms with E-state index in [9.17, 15) is 4.79 Å². The number of hydrogen-bond acceptors (Lipinski definition) is 5. The van der Waals surface area contributed by atoms with Crippen LogP contribution in [-0.2, 0) is 17.7 Å². The Balaban J connectivity index is 1.74. The Morgan fingerprint density at radius 2 is 2.30 bits per heavy atom. The van der Waals surface area contributed by atoms with Crippen LogP contribution in [-0.4, -0.2) is 41.2 Å². The van der Waals surface area contributed by atoms with E-state index in [1.165, 1.54) is 0 Å². The largest absolute Gasteiger partial charge is 0.444 e. The van der Waals surface area contributed by atoms with Crippen LogP contribution in [0.3, 0.4) is 0 Å². The number of aryl methyl sites for hydroxylation is 1. The van der Waals surface area contributed by atoms with Gasteiger partial charge in [-0.25, -0.2) is 9.78 Å². The maximum absolute atomic E-state index is 12.1. The molecule has 6 heteroatoms. The summed E-state index contributed by atoms with van der Waals surface area (Å²) >= 11 is 0. The standard InChI is InChI=1S/C17H29N3O3/c1-5-14-10-19-15(22-14)11-18-9-13-7-6-8-20(12-13)16(21)23-17(2,3)4/h10,13,18H,5-9,11-12H2,1-4H3. The van der Waals surface area contributed by atoms with E-state index in [0.717, 1.165) is 50.5 Å². The Hall–Kier alpha value is -1.56. The molecule has 1 N–H and O–H groups in total. The van der Waals surface area contributed by atoms with Crippen molar-refractivity contribution in [1.29, 1.82) is 0 Å². The molecule has 1 atom stereocenters. The molecule has 130 valence electrons. The molecule has 1 aromatic heterocycles. The van der Waals surface area contributed by atoms with Crippen LogP contribution in [0.4, 0.5) is 4.79 Å². The first-order chi connectivity index (χ1) is 10.9. The summed E-state index contributed by atoms with van der Waals surface area (Å²) in [4.78, 5) is 18.2. The minimum Gasteiger partial charge on any atom is -0.444 e. The quantitative estimate of drug-likeness (QED) is 0.902. The number of nitrogens with one attached hydrogen (secondary N) is 1. The monoisotopic (exact) mass is 323 g/mol. The molecule has 23 heavy (non-hydrogen) atoms. The third-order valence-electron chi connectivity index (χ3n) is 3.83. The zero-order chi connectivity index (χ0) is 16.9. The average Bonchev–Trinajstić information content (AvgIpc) is 2.94. The lowest BCUT2D eigenvalue weighted by atomic mass is 9.98. The first kappa shape index (κ1) is 17.8. The van der Waals surface area contributed by atoms with E-state index < -0.39 is 5.60 Å². The molecule has 0 aromatic carbocycles. The molecule has 0 saturated carbocycles. The zero-order valence-electron chi connectivity index (χ0n) is 14.7. The smallest absolute Gasteiger partial charge is 0.410 e. The number of amides is 1. The number of ether oxygens (including phenoxy) is 1. The van der Waals surface area contributed by atoms with Crippen molar-refractivity contribution >= 4 is 6.09 Å². The molecule has 1 aliphatic heterocycles. The molecule has 2 rings (SSSR count). The highest BCUT2D eigenvalue weighted by molar-refractivity contribution is 5.68. The van der Waals surface area contributed by atoms with E-state index in [-0.39, 0.29) is 6.09 Å². The molecule has 2 heterocycles. The van der Waals surface area contributed by atoms with Crippen LogP contribution >= 0.6 is 0 Å². The average molecular weight is 323 g/mol. The van der Waals surface area contributed by atoms with Gasteiger partial charge in [0.25, 0.3) is 0 Å². The third-order valence-corrected chi connectivity index (χ3v) is 3.83. The van der Waals surface area contributed by atoms with E-state index in [2.05, 4.69) is 10.3 Å². The van der Waals surface area contributed by atoms with Crippen LogP contribution in [0.5, 0.6) is 0 Å². The second-order valence-electron chi connectivity index (χ2n) is 7.14. The van der Waals surface area contributed by atoms with Crippen LogP contribution in [0.25, 0.3) is 0 Å². The number of piperidine rings is 1. The Morgan fingerprint density at radius 1 is 1.52 bits per heavy atom. The molecule has 0 spiro atoms. The van der Waals surface area contributed by atoms with Crippen LogP contribution in [0, 0.1) is 5.92 Å². The summed E-state index contributed by atoms with van der Waals surface area (Å²) in [5, 5.41) is 3.38. The van der Waals surface area contributed by atoms with E-state index >= 15 is 0 Å². The number of likely N-dealkylation sites (tertiary alicyclic amines) is 1.